The molecule has 0 aliphatic carbocycles. The van der Waals surface area contributed by atoms with Crippen LogP contribution in [0, 0.1) is 5.82 Å². The van der Waals surface area contributed by atoms with Crippen molar-refractivity contribution in [3.8, 4) is 0 Å². The molecule has 0 aromatic heterocycles. The van der Waals surface area contributed by atoms with Crippen molar-refractivity contribution in [2.75, 3.05) is 43.1 Å². The number of para-hydroxylation sites is 1. The molecule has 0 atom stereocenters. The Kier molecular flexibility index (Phi) is 5.63. The Hall–Kier alpha value is -1.31. The van der Waals surface area contributed by atoms with Gasteiger partial charge in [-0.25, -0.2) is 4.39 Å². The summed E-state index contributed by atoms with van der Waals surface area (Å²) in [5, 5.41) is 2.80. The van der Waals surface area contributed by atoms with Gasteiger partial charge in [-0.1, -0.05) is 6.07 Å². The number of amides is 1. The summed E-state index contributed by atoms with van der Waals surface area (Å²) < 4.78 is 13.5. The monoisotopic (exact) mass is 298 g/mol. The van der Waals surface area contributed by atoms with Crippen LogP contribution in [0.2, 0.25) is 0 Å². The van der Waals surface area contributed by atoms with Gasteiger partial charge in [-0.3, -0.25) is 15.5 Å². The van der Waals surface area contributed by atoms with Gasteiger partial charge in [0.25, 0.3) is 5.91 Å². The van der Waals surface area contributed by atoms with Gasteiger partial charge in [0.2, 0.25) is 0 Å². The Bertz CT molecular complexity index is 466. The summed E-state index contributed by atoms with van der Waals surface area (Å²) in [6, 6.07) is 4.30. The summed E-state index contributed by atoms with van der Waals surface area (Å²) >= 11 is 1.95. The van der Waals surface area contributed by atoms with Gasteiger partial charge in [-0.2, -0.15) is 11.8 Å². The lowest BCUT2D eigenvalue weighted by Gasteiger charge is -2.26. The lowest BCUT2D eigenvalue weighted by molar-refractivity contribution is 0.0949. The number of benzene rings is 1. The van der Waals surface area contributed by atoms with E-state index in [9.17, 15) is 9.18 Å². The van der Waals surface area contributed by atoms with E-state index in [1.165, 1.54) is 12.1 Å². The molecule has 2 rings (SSSR count). The Labute approximate surface area is 122 Å². The van der Waals surface area contributed by atoms with E-state index in [0.717, 1.165) is 31.1 Å². The average Bonchev–Trinajstić information content (AvgIpc) is 2.48. The fourth-order valence-electron chi connectivity index (χ4n) is 2.11. The summed E-state index contributed by atoms with van der Waals surface area (Å²) in [6.45, 7) is 3.46. The van der Waals surface area contributed by atoms with Crippen LogP contribution in [0.15, 0.2) is 18.2 Å². The highest BCUT2D eigenvalue weighted by molar-refractivity contribution is 7.99. The number of hydrogen-bond donors (Lipinski definition) is 3. The maximum atomic E-state index is 13.5. The van der Waals surface area contributed by atoms with Gasteiger partial charge in [0.15, 0.2) is 0 Å². The molecule has 5 nitrogen and oxygen atoms in total. The SMILES string of the molecule is NNc1c(F)cccc1C(=O)NCCN1CCSCC1. The number of nitrogen functional groups attached to an aromatic ring is 1. The summed E-state index contributed by atoms with van der Waals surface area (Å²) in [6.07, 6.45) is 0. The molecular formula is C13H19FN4OS. The van der Waals surface area contributed by atoms with Crippen LogP contribution in [0.1, 0.15) is 10.4 Å². The Balaban J connectivity index is 1.87. The zero-order valence-electron chi connectivity index (χ0n) is 11.2. The van der Waals surface area contributed by atoms with E-state index in [2.05, 4.69) is 15.6 Å². The topological polar surface area (TPSA) is 70.4 Å². The molecule has 1 aliphatic heterocycles. The smallest absolute Gasteiger partial charge is 0.253 e. The van der Waals surface area contributed by atoms with Crippen molar-refractivity contribution >= 4 is 23.4 Å². The molecule has 110 valence electrons. The van der Waals surface area contributed by atoms with Crippen LogP contribution < -0.4 is 16.6 Å². The van der Waals surface area contributed by atoms with Gasteiger partial charge in [0.1, 0.15) is 5.82 Å². The van der Waals surface area contributed by atoms with Gasteiger partial charge in [0, 0.05) is 37.7 Å². The number of anilines is 1. The fourth-order valence-corrected chi connectivity index (χ4v) is 3.09. The largest absolute Gasteiger partial charge is 0.351 e. The first-order valence-electron chi connectivity index (χ1n) is 6.56. The first kappa shape index (κ1) is 15.1. The Morgan fingerprint density at radius 2 is 2.15 bits per heavy atom. The number of nitrogens with two attached hydrogens (primary N) is 1. The van der Waals surface area contributed by atoms with Crippen molar-refractivity contribution in [3.05, 3.63) is 29.6 Å². The number of hydrogen-bond acceptors (Lipinski definition) is 5. The fraction of sp³-hybridized carbons (Fsp3) is 0.462. The van der Waals surface area contributed by atoms with Crippen LogP contribution in [0.25, 0.3) is 0 Å². The van der Waals surface area contributed by atoms with Crippen molar-refractivity contribution in [2.24, 2.45) is 5.84 Å². The number of rotatable bonds is 5. The minimum absolute atomic E-state index is 0.0272. The van der Waals surface area contributed by atoms with E-state index < -0.39 is 5.82 Å². The van der Waals surface area contributed by atoms with Gasteiger partial charge < -0.3 is 10.7 Å². The van der Waals surface area contributed by atoms with E-state index >= 15 is 0 Å². The van der Waals surface area contributed by atoms with E-state index in [1.807, 2.05) is 11.8 Å². The Morgan fingerprint density at radius 3 is 2.85 bits per heavy atom. The minimum atomic E-state index is -0.534. The molecule has 0 spiro atoms. The number of carbonyl (C=O) groups is 1. The third kappa shape index (κ3) is 3.84. The second-order valence-electron chi connectivity index (χ2n) is 4.52. The van der Waals surface area contributed by atoms with Crippen LogP contribution in [0.5, 0.6) is 0 Å². The number of hydrazine groups is 1. The molecule has 1 heterocycles. The number of thioether (sulfide) groups is 1. The molecule has 1 amide bonds. The standard InChI is InChI=1S/C13H19FN4OS/c14-11-3-1-2-10(12(11)17-15)13(19)16-4-5-18-6-8-20-9-7-18/h1-3,17H,4-9,15H2,(H,16,19). The number of nitrogens with one attached hydrogen (secondary N) is 2. The second-order valence-corrected chi connectivity index (χ2v) is 5.74. The number of halogens is 1. The maximum absolute atomic E-state index is 13.5. The highest BCUT2D eigenvalue weighted by Gasteiger charge is 2.15. The number of carbonyl (C=O) groups excluding carboxylic acids is 1. The highest BCUT2D eigenvalue weighted by Crippen LogP contribution is 2.18. The maximum Gasteiger partial charge on any atom is 0.253 e. The van der Waals surface area contributed by atoms with Crippen molar-refractivity contribution in [1.29, 1.82) is 0 Å². The van der Waals surface area contributed by atoms with Gasteiger partial charge in [-0.15, -0.1) is 0 Å². The molecular weight excluding hydrogens is 279 g/mol. The molecule has 1 aromatic rings. The molecule has 1 fully saturated rings. The van der Waals surface area contributed by atoms with Crippen LogP contribution in [-0.2, 0) is 0 Å². The first-order chi connectivity index (χ1) is 9.72. The lowest BCUT2D eigenvalue weighted by atomic mass is 10.1. The van der Waals surface area contributed by atoms with E-state index in [-0.39, 0.29) is 17.2 Å². The predicted molar refractivity (Wildman–Crippen MR) is 80.3 cm³/mol. The molecule has 7 heteroatoms. The van der Waals surface area contributed by atoms with Crippen molar-refractivity contribution in [3.63, 3.8) is 0 Å². The number of nitrogens with zero attached hydrogens (tertiary/aromatic N) is 1. The summed E-state index contributed by atoms with van der Waals surface area (Å²) in [7, 11) is 0. The predicted octanol–water partition coefficient (Wildman–Crippen LogP) is 0.890. The third-order valence-corrected chi connectivity index (χ3v) is 4.16. The summed E-state index contributed by atoms with van der Waals surface area (Å²) in [5.41, 5.74) is 2.49. The summed E-state index contributed by atoms with van der Waals surface area (Å²) in [4.78, 5) is 14.3. The molecule has 0 bridgehead atoms. The molecule has 0 radical (unpaired) electrons. The lowest BCUT2D eigenvalue weighted by Crippen LogP contribution is -2.39. The zero-order valence-corrected chi connectivity index (χ0v) is 12.0. The second kappa shape index (κ2) is 7.47. The van der Waals surface area contributed by atoms with Crippen LogP contribution in [-0.4, -0.2) is 48.5 Å². The quantitative estimate of drug-likeness (QED) is 0.556. The van der Waals surface area contributed by atoms with Crippen LogP contribution in [0.3, 0.4) is 0 Å². The van der Waals surface area contributed by atoms with Gasteiger partial charge >= 0.3 is 0 Å². The van der Waals surface area contributed by atoms with E-state index in [0.29, 0.717) is 6.54 Å². The molecule has 20 heavy (non-hydrogen) atoms. The van der Waals surface area contributed by atoms with Crippen molar-refractivity contribution in [2.45, 2.75) is 0 Å². The highest BCUT2D eigenvalue weighted by atomic mass is 32.2. The molecule has 0 saturated carbocycles. The molecule has 4 N–H and O–H groups in total. The van der Waals surface area contributed by atoms with E-state index in [4.69, 9.17) is 5.84 Å². The van der Waals surface area contributed by atoms with Gasteiger partial charge in [0.05, 0.1) is 11.3 Å². The van der Waals surface area contributed by atoms with Gasteiger partial charge in [-0.05, 0) is 12.1 Å². The average molecular weight is 298 g/mol. The third-order valence-electron chi connectivity index (χ3n) is 3.22. The Morgan fingerprint density at radius 1 is 1.40 bits per heavy atom. The summed E-state index contributed by atoms with van der Waals surface area (Å²) in [5.74, 6) is 6.68. The minimum Gasteiger partial charge on any atom is -0.351 e. The first-order valence-corrected chi connectivity index (χ1v) is 7.71. The van der Waals surface area contributed by atoms with Crippen molar-refractivity contribution < 1.29 is 9.18 Å². The molecule has 1 saturated heterocycles. The molecule has 0 unspecified atom stereocenters. The normalized spacial score (nSPS) is 15.9. The molecule has 1 aliphatic rings. The van der Waals surface area contributed by atoms with E-state index in [1.54, 1.807) is 6.07 Å². The zero-order chi connectivity index (χ0) is 14.4. The van der Waals surface area contributed by atoms with Crippen LogP contribution in [0.4, 0.5) is 10.1 Å². The van der Waals surface area contributed by atoms with Crippen LogP contribution >= 0.6 is 11.8 Å². The van der Waals surface area contributed by atoms with Crippen molar-refractivity contribution in [1.82, 2.24) is 10.2 Å². The molecule has 1 aromatic carbocycles.